The molecule has 0 aliphatic heterocycles. The molecule has 0 radical (unpaired) electrons. The van der Waals surface area contributed by atoms with E-state index in [1.165, 1.54) is 15.9 Å². The fraction of sp³-hybridized carbons (Fsp3) is 0.222. The van der Waals surface area contributed by atoms with Crippen LogP contribution in [0.2, 0.25) is 0 Å². The topological polar surface area (TPSA) is 103 Å². The Bertz CT molecular complexity index is 1010. The van der Waals surface area contributed by atoms with Crippen molar-refractivity contribution in [3.05, 3.63) is 74.1 Å². The first-order chi connectivity index (χ1) is 12.4. The maximum Gasteiger partial charge on any atom is 0.263 e. The van der Waals surface area contributed by atoms with Gasteiger partial charge < -0.3 is 15.6 Å². The minimum absolute atomic E-state index is 0.0917. The van der Waals surface area contributed by atoms with E-state index in [0.29, 0.717) is 10.1 Å². The lowest BCUT2D eigenvalue weighted by Gasteiger charge is -2.17. The van der Waals surface area contributed by atoms with Crippen molar-refractivity contribution in [1.29, 1.82) is 0 Å². The zero-order valence-electron chi connectivity index (χ0n) is 14.7. The molecule has 2 heterocycles. The normalized spacial score (nSPS) is 12.0. The van der Waals surface area contributed by atoms with E-state index in [-0.39, 0.29) is 11.1 Å². The number of hydrogen-bond donors (Lipinski definition) is 2. The third-order valence-corrected chi connectivity index (χ3v) is 5.14. The van der Waals surface area contributed by atoms with Crippen LogP contribution in [-0.4, -0.2) is 20.7 Å². The number of anilines is 1. The van der Waals surface area contributed by atoms with Gasteiger partial charge in [-0.05, 0) is 31.0 Å². The van der Waals surface area contributed by atoms with Gasteiger partial charge in [0.15, 0.2) is 0 Å². The molecular weight excluding hydrogens is 350 g/mol. The lowest BCUT2D eigenvalue weighted by atomic mass is 10.1. The molecule has 0 aliphatic rings. The zero-order valence-corrected chi connectivity index (χ0v) is 15.5. The summed E-state index contributed by atoms with van der Waals surface area (Å²) in [6, 6.07) is 10.5. The molecule has 3 aromatic rings. The summed E-state index contributed by atoms with van der Waals surface area (Å²) in [6.45, 7) is 3.71. The molecule has 0 saturated carbocycles. The molecule has 26 heavy (non-hydrogen) atoms. The van der Waals surface area contributed by atoms with E-state index in [4.69, 9.17) is 5.73 Å². The third kappa shape index (κ3) is 3.36. The molecule has 0 spiro atoms. The molecule has 8 heteroatoms. The van der Waals surface area contributed by atoms with Crippen LogP contribution >= 0.6 is 11.3 Å². The number of aromatic nitrogens is 3. The molecule has 0 aliphatic carbocycles. The fourth-order valence-electron chi connectivity index (χ4n) is 2.65. The number of carbonyl (C=O) groups is 1. The number of rotatable bonds is 4. The van der Waals surface area contributed by atoms with Crippen LogP contribution in [-0.2, 0) is 7.05 Å². The van der Waals surface area contributed by atoms with Crippen LogP contribution in [0.5, 0.6) is 0 Å². The molecule has 1 aromatic carbocycles. The first-order valence-corrected chi connectivity index (χ1v) is 8.82. The summed E-state index contributed by atoms with van der Waals surface area (Å²) in [7, 11) is 1.65. The summed E-state index contributed by atoms with van der Waals surface area (Å²) in [5.74, 6) is -0.462. The molecule has 1 amide bonds. The molecule has 134 valence electrons. The van der Waals surface area contributed by atoms with Gasteiger partial charge in [-0.25, -0.2) is 0 Å². The highest BCUT2D eigenvalue weighted by atomic mass is 32.1. The second-order valence-corrected chi connectivity index (χ2v) is 7.03. The lowest BCUT2D eigenvalue weighted by molar-refractivity contribution is 0.0940. The fourth-order valence-corrected chi connectivity index (χ4v) is 3.34. The summed E-state index contributed by atoms with van der Waals surface area (Å²) in [5, 5.41) is 11.7. The van der Waals surface area contributed by atoms with Gasteiger partial charge in [0.1, 0.15) is 16.6 Å². The van der Waals surface area contributed by atoms with E-state index in [9.17, 15) is 9.59 Å². The van der Waals surface area contributed by atoms with Crippen molar-refractivity contribution >= 4 is 22.4 Å². The number of hydrogen-bond acceptors (Lipinski definition) is 6. The number of aryl methyl sites for hydroxylation is 1. The smallest absolute Gasteiger partial charge is 0.263 e. The van der Waals surface area contributed by atoms with Crippen molar-refractivity contribution in [3.8, 4) is 0 Å². The minimum Gasteiger partial charge on any atom is -0.374 e. The van der Waals surface area contributed by atoms with Crippen molar-refractivity contribution in [1.82, 2.24) is 20.1 Å². The van der Waals surface area contributed by atoms with E-state index < -0.39 is 11.9 Å². The Morgan fingerprint density at radius 3 is 2.54 bits per heavy atom. The van der Waals surface area contributed by atoms with Gasteiger partial charge in [-0.2, -0.15) is 0 Å². The maximum absolute atomic E-state index is 12.8. The number of pyridine rings is 1. The van der Waals surface area contributed by atoms with Gasteiger partial charge in [0.25, 0.3) is 11.5 Å². The highest BCUT2D eigenvalue weighted by Crippen LogP contribution is 2.26. The van der Waals surface area contributed by atoms with Crippen LogP contribution in [0.25, 0.3) is 0 Å². The van der Waals surface area contributed by atoms with E-state index >= 15 is 0 Å². The maximum atomic E-state index is 12.8. The van der Waals surface area contributed by atoms with Crippen LogP contribution in [0.1, 0.15) is 38.2 Å². The van der Waals surface area contributed by atoms with Gasteiger partial charge in [0, 0.05) is 12.7 Å². The lowest BCUT2D eigenvalue weighted by Crippen LogP contribution is -2.35. The zero-order chi connectivity index (χ0) is 18.8. The average Bonchev–Trinajstić information content (AvgIpc) is 3.07. The van der Waals surface area contributed by atoms with E-state index in [1.807, 2.05) is 44.2 Å². The standard InChI is InChI=1S/C18H19N5O2S/c1-10-9-13(17(25)23(3)11(10)2)15(24)20-14(12-7-5-4-6-8-12)16-21-22-18(19)26-16/h4-9,14H,1-3H3,(H2,19,22)(H,20,24)/t14-/m0/s1. The molecule has 0 unspecified atom stereocenters. The Balaban J connectivity index is 2.00. The highest BCUT2D eigenvalue weighted by Gasteiger charge is 2.23. The van der Waals surface area contributed by atoms with Gasteiger partial charge in [-0.15, -0.1) is 10.2 Å². The molecule has 3 rings (SSSR count). The second-order valence-electron chi connectivity index (χ2n) is 5.99. The summed E-state index contributed by atoms with van der Waals surface area (Å²) in [5.41, 5.74) is 7.97. The van der Waals surface area contributed by atoms with Crippen molar-refractivity contribution in [2.75, 3.05) is 5.73 Å². The van der Waals surface area contributed by atoms with Crippen molar-refractivity contribution in [3.63, 3.8) is 0 Å². The van der Waals surface area contributed by atoms with Crippen LogP contribution in [0.15, 0.2) is 41.2 Å². The van der Waals surface area contributed by atoms with Gasteiger partial charge in [0.05, 0.1) is 0 Å². The predicted octanol–water partition coefficient (Wildman–Crippen LogP) is 1.96. The second kappa shape index (κ2) is 7.09. The Kier molecular flexibility index (Phi) is 4.85. The first-order valence-electron chi connectivity index (χ1n) is 8.00. The van der Waals surface area contributed by atoms with Crippen molar-refractivity contribution in [2.24, 2.45) is 7.05 Å². The van der Waals surface area contributed by atoms with Gasteiger partial charge in [-0.3, -0.25) is 9.59 Å². The number of benzene rings is 1. The predicted molar refractivity (Wildman–Crippen MR) is 101 cm³/mol. The summed E-state index contributed by atoms with van der Waals surface area (Å²) in [4.78, 5) is 25.3. The summed E-state index contributed by atoms with van der Waals surface area (Å²) in [6.07, 6.45) is 0. The molecule has 0 bridgehead atoms. The van der Waals surface area contributed by atoms with Gasteiger partial charge in [0.2, 0.25) is 5.13 Å². The Morgan fingerprint density at radius 1 is 1.23 bits per heavy atom. The van der Waals surface area contributed by atoms with E-state index in [0.717, 1.165) is 16.8 Å². The molecule has 3 N–H and O–H groups in total. The van der Waals surface area contributed by atoms with Gasteiger partial charge >= 0.3 is 0 Å². The number of nitrogens with zero attached hydrogens (tertiary/aromatic N) is 3. The average molecular weight is 369 g/mol. The quantitative estimate of drug-likeness (QED) is 0.732. The SMILES string of the molecule is Cc1cc(C(=O)N[C@@H](c2ccccc2)c2nnc(N)s2)c(=O)n(C)c1C. The number of nitrogens with one attached hydrogen (secondary N) is 1. The summed E-state index contributed by atoms with van der Waals surface area (Å²) >= 11 is 1.20. The van der Waals surface area contributed by atoms with Crippen LogP contribution in [0, 0.1) is 13.8 Å². The van der Waals surface area contributed by atoms with Gasteiger partial charge in [-0.1, -0.05) is 41.7 Å². The largest absolute Gasteiger partial charge is 0.374 e. The summed E-state index contributed by atoms with van der Waals surface area (Å²) < 4.78 is 1.48. The Hall–Kier alpha value is -3.00. The minimum atomic E-state index is -0.537. The Labute approximate surface area is 154 Å². The van der Waals surface area contributed by atoms with E-state index in [2.05, 4.69) is 15.5 Å². The van der Waals surface area contributed by atoms with Crippen molar-refractivity contribution < 1.29 is 4.79 Å². The molecule has 0 fully saturated rings. The highest BCUT2D eigenvalue weighted by molar-refractivity contribution is 7.15. The third-order valence-electron chi connectivity index (χ3n) is 4.33. The van der Waals surface area contributed by atoms with E-state index in [1.54, 1.807) is 13.1 Å². The molecule has 2 aromatic heterocycles. The van der Waals surface area contributed by atoms with Crippen LogP contribution in [0.4, 0.5) is 5.13 Å². The Morgan fingerprint density at radius 2 is 1.92 bits per heavy atom. The molecule has 7 nitrogen and oxygen atoms in total. The number of nitrogens with two attached hydrogens (primary N) is 1. The number of nitrogen functional groups attached to an aromatic ring is 1. The molecular formula is C18H19N5O2S. The number of amides is 1. The first kappa shape index (κ1) is 17.8. The number of carbonyl (C=O) groups excluding carboxylic acids is 1. The van der Waals surface area contributed by atoms with Crippen molar-refractivity contribution in [2.45, 2.75) is 19.9 Å². The monoisotopic (exact) mass is 369 g/mol. The molecule has 0 saturated heterocycles. The molecule has 1 atom stereocenters. The van der Waals surface area contributed by atoms with Crippen LogP contribution < -0.4 is 16.6 Å². The van der Waals surface area contributed by atoms with Crippen LogP contribution in [0.3, 0.4) is 0 Å².